The van der Waals surface area contributed by atoms with E-state index < -0.39 is 0 Å². The molecule has 0 aliphatic rings. The third kappa shape index (κ3) is 4.07. The molecular formula is C23H21ClN2O2S. The van der Waals surface area contributed by atoms with Gasteiger partial charge in [0.15, 0.2) is 5.13 Å². The van der Waals surface area contributed by atoms with Gasteiger partial charge in [0.05, 0.1) is 5.69 Å². The molecule has 0 aliphatic carbocycles. The smallest absolute Gasteiger partial charge is 0.232 e. The van der Waals surface area contributed by atoms with Gasteiger partial charge in [0.1, 0.15) is 11.3 Å². The van der Waals surface area contributed by atoms with Crippen LogP contribution in [0.25, 0.3) is 22.2 Å². The summed E-state index contributed by atoms with van der Waals surface area (Å²) >= 11 is 7.72. The van der Waals surface area contributed by atoms with Crippen molar-refractivity contribution in [2.75, 3.05) is 11.9 Å². The van der Waals surface area contributed by atoms with Gasteiger partial charge in [0.25, 0.3) is 0 Å². The van der Waals surface area contributed by atoms with Gasteiger partial charge in [-0.05, 0) is 24.6 Å². The zero-order chi connectivity index (χ0) is 20.4. The maximum Gasteiger partial charge on any atom is 0.232 e. The lowest BCUT2D eigenvalue weighted by molar-refractivity contribution is -0.122. The number of halogens is 1. The van der Waals surface area contributed by atoms with Gasteiger partial charge in [-0.25, -0.2) is 4.98 Å². The molecule has 0 bridgehead atoms. The van der Waals surface area contributed by atoms with Crippen LogP contribution in [0.15, 0.2) is 64.4 Å². The summed E-state index contributed by atoms with van der Waals surface area (Å²) in [7, 11) is 1.78. The lowest BCUT2D eigenvalue weighted by Gasteiger charge is -2.20. The van der Waals surface area contributed by atoms with Crippen LogP contribution in [0, 0.1) is 5.92 Å². The van der Waals surface area contributed by atoms with Crippen molar-refractivity contribution in [3.05, 3.63) is 70.8 Å². The molecule has 1 unspecified atom stereocenters. The molecular weight excluding hydrogens is 404 g/mol. The van der Waals surface area contributed by atoms with Crippen LogP contribution in [-0.4, -0.2) is 17.9 Å². The van der Waals surface area contributed by atoms with Crippen LogP contribution in [0.2, 0.25) is 5.02 Å². The molecule has 4 aromatic rings. The molecule has 0 saturated carbocycles. The Morgan fingerprint density at radius 2 is 1.97 bits per heavy atom. The van der Waals surface area contributed by atoms with Crippen molar-refractivity contribution < 1.29 is 9.21 Å². The van der Waals surface area contributed by atoms with Gasteiger partial charge >= 0.3 is 0 Å². The minimum absolute atomic E-state index is 0.0352. The van der Waals surface area contributed by atoms with Gasteiger partial charge in [-0.1, -0.05) is 54.9 Å². The molecule has 1 atom stereocenters. The monoisotopic (exact) mass is 424 g/mol. The fourth-order valence-electron chi connectivity index (χ4n) is 3.37. The van der Waals surface area contributed by atoms with E-state index in [2.05, 4.69) is 4.98 Å². The maximum atomic E-state index is 13.1. The van der Waals surface area contributed by atoms with Gasteiger partial charge in [-0.2, -0.15) is 0 Å². The number of hydrogen-bond acceptors (Lipinski definition) is 4. The van der Waals surface area contributed by atoms with Gasteiger partial charge in [-0.3, -0.25) is 9.69 Å². The van der Waals surface area contributed by atoms with Crippen LogP contribution in [-0.2, 0) is 11.2 Å². The second-order valence-corrected chi connectivity index (χ2v) is 8.20. The molecule has 0 aliphatic heterocycles. The number of fused-ring (bicyclic) bond motifs is 1. The Bertz CT molecular complexity index is 1120. The second-order valence-electron chi connectivity index (χ2n) is 6.95. The van der Waals surface area contributed by atoms with E-state index in [1.54, 1.807) is 11.9 Å². The SMILES string of the molecule is CCC(Cc1cc2ccccc2o1)C(=O)N(C)c1nc(-c2ccccc2Cl)cs1. The molecule has 29 heavy (non-hydrogen) atoms. The number of hydrogen-bond donors (Lipinski definition) is 0. The molecule has 148 valence electrons. The number of anilines is 1. The number of benzene rings is 2. The summed E-state index contributed by atoms with van der Waals surface area (Å²) in [5, 5.41) is 4.30. The molecule has 1 amide bonds. The Labute approximate surface area is 178 Å². The van der Waals surface area contributed by atoms with Gasteiger partial charge in [-0.15, -0.1) is 11.3 Å². The van der Waals surface area contributed by atoms with Crippen molar-refractivity contribution in [2.24, 2.45) is 5.92 Å². The zero-order valence-corrected chi connectivity index (χ0v) is 17.8. The Balaban J connectivity index is 1.52. The van der Waals surface area contributed by atoms with Crippen LogP contribution >= 0.6 is 22.9 Å². The lowest BCUT2D eigenvalue weighted by atomic mass is 9.99. The second kappa shape index (κ2) is 8.39. The van der Waals surface area contributed by atoms with Crippen molar-refractivity contribution in [3.63, 3.8) is 0 Å². The summed E-state index contributed by atoms with van der Waals surface area (Å²) in [6.45, 7) is 2.02. The zero-order valence-electron chi connectivity index (χ0n) is 16.3. The number of furan rings is 1. The predicted molar refractivity (Wildman–Crippen MR) is 120 cm³/mol. The molecule has 4 rings (SSSR count). The van der Waals surface area contributed by atoms with Crippen molar-refractivity contribution in [1.82, 2.24) is 4.98 Å². The maximum absolute atomic E-state index is 13.1. The van der Waals surface area contributed by atoms with E-state index in [1.807, 2.05) is 66.9 Å². The molecule has 2 aromatic carbocycles. The van der Waals surface area contributed by atoms with E-state index in [9.17, 15) is 4.79 Å². The summed E-state index contributed by atoms with van der Waals surface area (Å²) in [6, 6.07) is 17.5. The topological polar surface area (TPSA) is 46.3 Å². The van der Waals surface area contributed by atoms with Crippen LogP contribution in [0.5, 0.6) is 0 Å². The molecule has 2 aromatic heterocycles. The fraction of sp³-hybridized carbons (Fsp3) is 0.217. The highest BCUT2D eigenvalue weighted by molar-refractivity contribution is 7.14. The average molecular weight is 425 g/mol. The van der Waals surface area contributed by atoms with Crippen LogP contribution in [0.1, 0.15) is 19.1 Å². The first kappa shape index (κ1) is 19.7. The molecule has 0 fully saturated rings. The van der Waals surface area contributed by atoms with Crippen molar-refractivity contribution in [2.45, 2.75) is 19.8 Å². The van der Waals surface area contributed by atoms with Crippen molar-refractivity contribution in [3.8, 4) is 11.3 Å². The highest BCUT2D eigenvalue weighted by Crippen LogP contribution is 2.32. The summed E-state index contributed by atoms with van der Waals surface area (Å²) in [4.78, 5) is 19.4. The quantitative estimate of drug-likeness (QED) is 0.357. The molecule has 2 heterocycles. The average Bonchev–Trinajstić information content (AvgIpc) is 3.38. The normalized spacial score (nSPS) is 12.2. The lowest BCUT2D eigenvalue weighted by Crippen LogP contribution is -2.33. The van der Waals surface area contributed by atoms with E-state index >= 15 is 0 Å². The predicted octanol–water partition coefficient (Wildman–Crippen LogP) is 6.44. The molecule has 0 N–H and O–H groups in total. The van der Waals surface area contributed by atoms with Gasteiger partial charge < -0.3 is 4.42 Å². The molecule has 6 heteroatoms. The molecule has 0 saturated heterocycles. The number of nitrogens with zero attached hydrogens (tertiary/aromatic N) is 2. The highest BCUT2D eigenvalue weighted by atomic mass is 35.5. The summed E-state index contributed by atoms with van der Waals surface area (Å²) < 4.78 is 5.91. The number of thiazole rings is 1. The van der Waals surface area contributed by atoms with E-state index in [0.29, 0.717) is 16.6 Å². The minimum Gasteiger partial charge on any atom is -0.461 e. The number of rotatable bonds is 6. The van der Waals surface area contributed by atoms with E-state index in [4.69, 9.17) is 16.0 Å². The fourth-order valence-corrected chi connectivity index (χ4v) is 4.39. The Morgan fingerprint density at radius 3 is 2.72 bits per heavy atom. The summed E-state index contributed by atoms with van der Waals surface area (Å²) in [5.41, 5.74) is 2.50. The van der Waals surface area contributed by atoms with Crippen molar-refractivity contribution >= 4 is 44.9 Å². The largest absolute Gasteiger partial charge is 0.461 e. The standard InChI is InChI=1S/C23H21ClN2O2S/c1-3-15(12-17-13-16-8-4-7-11-21(16)28-17)22(27)26(2)23-25-20(14-29-23)18-9-5-6-10-19(18)24/h4-11,13-15H,3,12H2,1-2H3. The van der Waals surface area contributed by atoms with Crippen LogP contribution in [0.4, 0.5) is 5.13 Å². The first-order valence-corrected chi connectivity index (χ1v) is 10.8. The van der Waals surface area contributed by atoms with Crippen molar-refractivity contribution in [1.29, 1.82) is 0 Å². The molecule has 4 nitrogen and oxygen atoms in total. The van der Waals surface area contributed by atoms with E-state index in [1.165, 1.54) is 11.3 Å². The Morgan fingerprint density at radius 1 is 1.21 bits per heavy atom. The minimum atomic E-state index is -0.173. The molecule has 0 spiro atoms. The number of aromatic nitrogens is 1. The van der Waals surface area contributed by atoms with Crippen LogP contribution < -0.4 is 4.90 Å². The Hall–Kier alpha value is -2.63. The third-order valence-electron chi connectivity index (χ3n) is 5.03. The van der Waals surface area contributed by atoms with E-state index in [-0.39, 0.29) is 11.8 Å². The first-order chi connectivity index (χ1) is 14.1. The third-order valence-corrected chi connectivity index (χ3v) is 6.27. The van der Waals surface area contributed by atoms with Gasteiger partial charge in [0, 0.05) is 40.7 Å². The summed E-state index contributed by atoms with van der Waals surface area (Å²) in [5.74, 6) is 0.692. The number of carbonyl (C=O) groups is 1. The van der Waals surface area contributed by atoms with Gasteiger partial charge in [0.2, 0.25) is 5.91 Å². The van der Waals surface area contributed by atoms with E-state index in [0.717, 1.165) is 34.4 Å². The summed E-state index contributed by atoms with van der Waals surface area (Å²) in [6.07, 6.45) is 1.29. The molecule has 0 radical (unpaired) electrons. The number of para-hydroxylation sites is 1. The number of carbonyl (C=O) groups excluding carboxylic acids is 1. The first-order valence-electron chi connectivity index (χ1n) is 9.52. The van der Waals surface area contributed by atoms with Crippen LogP contribution in [0.3, 0.4) is 0 Å². The highest BCUT2D eigenvalue weighted by Gasteiger charge is 2.25. The Kier molecular flexibility index (Phi) is 5.69. The number of amides is 1.